The van der Waals surface area contributed by atoms with Crippen molar-refractivity contribution in [2.24, 2.45) is 11.1 Å². The van der Waals surface area contributed by atoms with Gasteiger partial charge in [-0.15, -0.1) is 0 Å². The Kier molecular flexibility index (Phi) is 4.61. The standard InChI is InChI=1S/C17H24N4O2/c18-10-16(23)20-9-3-6-17(12-20)7-5-15(22)21(13-17)11-14-4-1-2-8-19-14/h1-2,4,8H,3,5-7,9-13,18H2/t17-/m0/s1. The number of piperidine rings is 2. The Hall–Kier alpha value is -1.95. The number of rotatable bonds is 3. The Balaban J connectivity index is 1.71. The van der Waals surface area contributed by atoms with Crippen LogP contribution >= 0.6 is 0 Å². The molecule has 124 valence electrons. The molecule has 2 amide bonds. The summed E-state index contributed by atoms with van der Waals surface area (Å²) in [6.45, 7) is 2.82. The van der Waals surface area contributed by atoms with E-state index in [2.05, 4.69) is 4.98 Å². The van der Waals surface area contributed by atoms with Crippen molar-refractivity contribution in [1.29, 1.82) is 0 Å². The zero-order chi connectivity index (χ0) is 16.3. The Labute approximate surface area is 136 Å². The summed E-state index contributed by atoms with van der Waals surface area (Å²) in [5, 5.41) is 0. The highest BCUT2D eigenvalue weighted by atomic mass is 16.2. The average Bonchev–Trinajstić information content (AvgIpc) is 2.59. The summed E-state index contributed by atoms with van der Waals surface area (Å²) in [5.41, 5.74) is 6.43. The lowest BCUT2D eigenvalue weighted by Crippen LogP contribution is -2.55. The van der Waals surface area contributed by atoms with Crippen LogP contribution in [0.4, 0.5) is 0 Å². The number of nitrogens with two attached hydrogens (primary N) is 1. The Bertz CT molecular complexity index is 577. The van der Waals surface area contributed by atoms with E-state index >= 15 is 0 Å². The van der Waals surface area contributed by atoms with Crippen molar-refractivity contribution in [2.45, 2.75) is 32.2 Å². The molecule has 0 bridgehead atoms. The van der Waals surface area contributed by atoms with Crippen molar-refractivity contribution >= 4 is 11.8 Å². The number of aromatic nitrogens is 1. The van der Waals surface area contributed by atoms with Crippen LogP contribution in [0.25, 0.3) is 0 Å². The Morgan fingerprint density at radius 3 is 2.91 bits per heavy atom. The van der Waals surface area contributed by atoms with Gasteiger partial charge in [-0.05, 0) is 31.4 Å². The molecule has 0 aromatic carbocycles. The van der Waals surface area contributed by atoms with Crippen LogP contribution in [0.1, 0.15) is 31.4 Å². The monoisotopic (exact) mass is 316 g/mol. The molecule has 0 unspecified atom stereocenters. The molecule has 6 heteroatoms. The zero-order valence-corrected chi connectivity index (χ0v) is 13.4. The van der Waals surface area contributed by atoms with E-state index in [9.17, 15) is 9.59 Å². The van der Waals surface area contributed by atoms with Gasteiger partial charge < -0.3 is 15.5 Å². The molecule has 1 aromatic rings. The van der Waals surface area contributed by atoms with Crippen LogP contribution in [0.15, 0.2) is 24.4 Å². The number of hydrogen-bond donors (Lipinski definition) is 1. The van der Waals surface area contributed by atoms with Gasteiger partial charge in [0.2, 0.25) is 11.8 Å². The molecule has 2 fully saturated rings. The van der Waals surface area contributed by atoms with E-state index < -0.39 is 0 Å². The predicted molar refractivity (Wildman–Crippen MR) is 86.2 cm³/mol. The maximum Gasteiger partial charge on any atom is 0.236 e. The molecule has 1 aromatic heterocycles. The molecule has 0 radical (unpaired) electrons. The molecule has 2 saturated heterocycles. The molecule has 0 saturated carbocycles. The zero-order valence-electron chi connectivity index (χ0n) is 13.4. The smallest absolute Gasteiger partial charge is 0.236 e. The number of carbonyl (C=O) groups excluding carboxylic acids is 2. The first kappa shape index (κ1) is 15.9. The Morgan fingerprint density at radius 1 is 1.30 bits per heavy atom. The predicted octanol–water partition coefficient (Wildman–Crippen LogP) is 0.772. The van der Waals surface area contributed by atoms with E-state index in [1.165, 1.54) is 0 Å². The summed E-state index contributed by atoms with van der Waals surface area (Å²) in [6.07, 6.45) is 5.21. The third kappa shape index (κ3) is 3.52. The van der Waals surface area contributed by atoms with Crippen LogP contribution in [0.3, 0.4) is 0 Å². The maximum atomic E-state index is 12.3. The number of carbonyl (C=O) groups is 2. The lowest BCUT2D eigenvalue weighted by Gasteiger charge is -2.48. The summed E-state index contributed by atoms with van der Waals surface area (Å²) in [6, 6.07) is 5.76. The third-order valence-electron chi connectivity index (χ3n) is 5.02. The molecule has 6 nitrogen and oxygen atoms in total. The molecule has 1 spiro atoms. The van der Waals surface area contributed by atoms with E-state index in [4.69, 9.17) is 5.73 Å². The highest BCUT2D eigenvalue weighted by molar-refractivity contribution is 5.79. The normalized spacial score (nSPS) is 25.0. The summed E-state index contributed by atoms with van der Waals surface area (Å²) >= 11 is 0. The fourth-order valence-electron chi connectivity index (χ4n) is 3.82. The summed E-state index contributed by atoms with van der Waals surface area (Å²) in [4.78, 5) is 32.3. The maximum absolute atomic E-state index is 12.3. The first-order valence-corrected chi connectivity index (χ1v) is 8.27. The molecule has 2 aliphatic rings. The summed E-state index contributed by atoms with van der Waals surface area (Å²) in [5.74, 6) is 0.195. The van der Waals surface area contributed by atoms with Crippen LogP contribution in [0.2, 0.25) is 0 Å². The van der Waals surface area contributed by atoms with Crippen molar-refractivity contribution in [1.82, 2.24) is 14.8 Å². The number of likely N-dealkylation sites (tertiary alicyclic amines) is 2. The lowest BCUT2D eigenvalue weighted by atomic mass is 9.73. The number of nitrogens with zero attached hydrogens (tertiary/aromatic N) is 3. The second-order valence-electron chi connectivity index (χ2n) is 6.69. The fourth-order valence-corrected chi connectivity index (χ4v) is 3.82. The highest BCUT2D eigenvalue weighted by Crippen LogP contribution is 2.39. The van der Waals surface area contributed by atoms with Gasteiger partial charge in [-0.2, -0.15) is 0 Å². The van der Waals surface area contributed by atoms with E-state index in [1.54, 1.807) is 6.20 Å². The molecular formula is C17H24N4O2. The largest absolute Gasteiger partial charge is 0.341 e. The van der Waals surface area contributed by atoms with Crippen LogP contribution in [0, 0.1) is 5.41 Å². The van der Waals surface area contributed by atoms with Gasteiger partial charge in [0.1, 0.15) is 0 Å². The minimum Gasteiger partial charge on any atom is -0.341 e. The molecule has 3 rings (SSSR count). The highest BCUT2D eigenvalue weighted by Gasteiger charge is 2.42. The van der Waals surface area contributed by atoms with Crippen LogP contribution in [0.5, 0.6) is 0 Å². The minimum atomic E-state index is 0.0113. The number of amides is 2. The second kappa shape index (κ2) is 6.66. The first-order valence-electron chi connectivity index (χ1n) is 8.27. The quantitative estimate of drug-likeness (QED) is 0.893. The van der Waals surface area contributed by atoms with E-state index in [0.717, 1.165) is 38.0 Å². The lowest BCUT2D eigenvalue weighted by molar-refractivity contribution is -0.143. The van der Waals surface area contributed by atoms with Gasteiger partial charge in [-0.1, -0.05) is 6.07 Å². The molecule has 23 heavy (non-hydrogen) atoms. The van der Waals surface area contributed by atoms with Gasteiger partial charge in [0, 0.05) is 37.7 Å². The van der Waals surface area contributed by atoms with Crippen molar-refractivity contribution < 1.29 is 9.59 Å². The van der Waals surface area contributed by atoms with E-state index in [1.807, 2.05) is 28.0 Å². The van der Waals surface area contributed by atoms with E-state index in [-0.39, 0.29) is 23.8 Å². The van der Waals surface area contributed by atoms with Gasteiger partial charge in [0.25, 0.3) is 0 Å². The molecule has 0 aliphatic carbocycles. The average molecular weight is 316 g/mol. The molecule has 1 atom stereocenters. The van der Waals surface area contributed by atoms with Crippen LogP contribution in [-0.2, 0) is 16.1 Å². The van der Waals surface area contributed by atoms with E-state index in [0.29, 0.717) is 19.5 Å². The SMILES string of the molecule is NCC(=O)N1CCC[C@]2(CCC(=O)N(Cc3ccccn3)C2)C1. The minimum absolute atomic E-state index is 0.0113. The number of hydrogen-bond acceptors (Lipinski definition) is 4. The number of pyridine rings is 1. The van der Waals surface area contributed by atoms with Crippen molar-refractivity contribution in [3.05, 3.63) is 30.1 Å². The summed E-state index contributed by atoms with van der Waals surface area (Å²) in [7, 11) is 0. The van der Waals surface area contributed by atoms with Crippen LogP contribution in [-0.4, -0.2) is 52.8 Å². The Morgan fingerprint density at radius 2 is 2.17 bits per heavy atom. The van der Waals surface area contributed by atoms with Crippen molar-refractivity contribution in [3.8, 4) is 0 Å². The van der Waals surface area contributed by atoms with Gasteiger partial charge >= 0.3 is 0 Å². The van der Waals surface area contributed by atoms with Crippen molar-refractivity contribution in [3.63, 3.8) is 0 Å². The van der Waals surface area contributed by atoms with Gasteiger partial charge in [0.15, 0.2) is 0 Å². The molecule has 2 aliphatic heterocycles. The second-order valence-corrected chi connectivity index (χ2v) is 6.69. The van der Waals surface area contributed by atoms with Gasteiger partial charge in [-0.25, -0.2) is 0 Å². The molecule has 2 N–H and O–H groups in total. The third-order valence-corrected chi connectivity index (χ3v) is 5.02. The molecule has 3 heterocycles. The van der Waals surface area contributed by atoms with Crippen molar-refractivity contribution in [2.75, 3.05) is 26.2 Å². The van der Waals surface area contributed by atoms with Crippen LogP contribution < -0.4 is 5.73 Å². The molecular weight excluding hydrogens is 292 g/mol. The first-order chi connectivity index (χ1) is 11.1. The van der Waals surface area contributed by atoms with Gasteiger partial charge in [0.05, 0.1) is 18.8 Å². The van der Waals surface area contributed by atoms with Gasteiger partial charge in [-0.3, -0.25) is 14.6 Å². The fraction of sp³-hybridized carbons (Fsp3) is 0.588. The topological polar surface area (TPSA) is 79.5 Å². The summed E-state index contributed by atoms with van der Waals surface area (Å²) < 4.78 is 0.